The highest BCUT2D eigenvalue weighted by atomic mass is 16.5. The molecule has 0 bridgehead atoms. The second-order valence-corrected chi connectivity index (χ2v) is 2.72. The molecule has 0 aromatic rings. The summed E-state index contributed by atoms with van der Waals surface area (Å²) in [5.74, 6) is 0. The Hall–Kier alpha value is -0.770. The lowest BCUT2D eigenvalue weighted by Crippen LogP contribution is -2.31. The lowest BCUT2D eigenvalue weighted by atomic mass is 10.4. The SMILES string of the molecule is CCCCOC(=O)NCC(C)O. The van der Waals surface area contributed by atoms with Gasteiger partial charge in [0.1, 0.15) is 0 Å². The number of ether oxygens (including phenoxy) is 1. The van der Waals surface area contributed by atoms with E-state index in [9.17, 15) is 4.79 Å². The normalized spacial score (nSPS) is 12.2. The number of nitrogens with one attached hydrogen (secondary N) is 1. The average molecular weight is 175 g/mol. The fourth-order valence-corrected chi connectivity index (χ4v) is 0.591. The minimum atomic E-state index is -0.524. The van der Waals surface area contributed by atoms with Crippen molar-refractivity contribution < 1.29 is 14.6 Å². The van der Waals surface area contributed by atoms with Crippen molar-refractivity contribution in [2.24, 2.45) is 0 Å². The zero-order valence-electron chi connectivity index (χ0n) is 7.67. The Balaban J connectivity index is 3.22. The summed E-state index contributed by atoms with van der Waals surface area (Å²) in [5, 5.41) is 11.2. The van der Waals surface area contributed by atoms with Crippen LogP contribution in [0.15, 0.2) is 0 Å². The summed E-state index contributed by atoms with van der Waals surface area (Å²) in [6.45, 7) is 4.32. The van der Waals surface area contributed by atoms with Crippen molar-refractivity contribution in [3.8, 4) is 0 Å². The maximum absolute atomic E-state index is 10.8. The van der Waals surface area contributed by atoms with Gasteiger partial charge < -0.3 is 15.2 Å². The van der Waals surface area contributed by atoms with Crippen molar-refractivity contribution in [2.45, 2.75) is 32.8 Å². The van der Waals surface area contributed by atoms with E-state index in [1.54, 1.807) is 6.92 Å². The molecule has 0 saturated carbocycles. The Kier molecular flexibility index (Phi) is 6.47. The quantitative estimate of drug-likeness (QED) is 0.610. The molecule has 12 heavy (non-hydrogen) atoms. The molecule has 4 nitrogen and oxygen atoms in total. The van der Waals surface area contributed by atoms with Gasteiger partial charge in [0, 0.05) is 6.54 Å². The van der Waals surface area contributed by atoms with Crippen molar-refractivity contribution in [1.29, 1.82) is 0 Å². The molecule has 0 aromatic carbocycles. The van der Waals surface area contributed by atoms with E-state index in [4.69, 9.17) is 9.84 Å². The number of carbonyl (C=O) groups excluding carboxylic acids is 1. The largest absolute Gasteiger partial charge is 0.450 e. The molecular weight excluding hydrogens is 158 g/mol. The van der Waals surface area contributed by atoms with Crippen LogP contribution in [0, 0.1) is 0 Å². The fraction of sp³-hybridized carbons (Fsp3) is 0.875. The van der Waals surface area contributed by atoms with Crippen LogP contribution >= 0.6 is 0 Å². The van der Waals surface area contributed by atoms with Crippen LogP contribution in [0.25, 0.3) is 0 Å². The molecule has 0 fully saturated rings. The summed E-state index contributed by atoms with van der Waals surface area (Å²) in [7, 11) is 0. The molecule has 0 heterocycles. The van der Waals surface area contributed by atoms with Crippen LogP contribution in [-0.2, 0) is 4.74 Å². The van der Waals surface area contributed by atoms with Gasteiger partial charge in [-0.2, -0.15) is 0 Å². The van der Waals surface area contributed by atoms with E-state index in [1.807, 2.05) is 6.92 Å². The Morgan fingerprint density at radius 1 is 1.67 bits per heavy atom. The molecule has 0 saturated heterocycles. The second kappa shape index (κ2) is 6.91. The summed E-state index contributed by atoms with van der Waals surface area (Å²) in [4.78, 5) is 10.8. The van der Waals surface area contributed by atoms with Gasteiger partial charge in [-0.3, -0.25) is 0 Å². The van der Waals surface area contributed by atoms with Gasteiger partial charge in [0.2, 0.25) is 0 Å². The fourth-order valence-electron chi connectivity index (χ4n) is 0.591. The lowest BCUT2D eigenvalue weighted by molar-refractivity contribution is 0.133. The predicted octanol–water partition coefficient (Wildman–Crippen LogP) is 0.893. The number of hydrogen-bond donors (Lipinski definition) is 2. The third kappa shape index (κ3) is 7.34. The van der Waals surface area contributed by atoms with Crippen LogP contribution in [0.1, 0.15) is 26.7 Å². The van der Waals surface area contributed by atoms with E-state index in [1.165, 1.54) is 0 Å². The van der Waals surface area contributed by atoms with Gasteiger partial charge >= 0.3 is 6.09 Å². The summed E-state index contributed by atoms with van der Waals surface area (Å²) in [5.41, 5.74) is 0. The third-order valence-electron chi connectivity index (χ3n) is 1.27. The zero-order valence-corrected chi connectivity index (χ0v) is 7.67. The van der Waals surface area contributed by atoms with E-state index < -0.39 is 12.2 Å². The maximum Gasteiger partial charge on any atom is 0.407 e. The van der Waals surface area contributed by atoms with Crippen LogP contribution in [0.5, 0.6) is 0 Å². The number of aliphatic hydroxyl groups excluding tert-OH is 1. The smallest absolute Gasteiger partial charge is 0.407 e. The molecule has 0 spiro atoms. The highest BCUT2D eigenvalue weighted by Gasteiger charge is 2.01. The Labute approximate surface area is 72.9 Å². The van der Waals surface area contributed by atoms with Crippen LogP contribution in [-0.4, -0.2) is 30.5 Å². The molecule has 0 aliphatic heterocycles. The Bertz CT molecular complexity index is 125. The van der Waals surface area contributed by atoms with E-state index in [0.29, 0.717) is 6.61 Å². The van der Waals surface area contributed by atoms with Gasteiger partial charge in [0.15, 0.2) is 0 Å². The lowest BCUT2D eigenvalue weighted by Gasteiger charge is -2.07. The van der Waals surface area contributed by atoms with E-state index in [2.05, 4.69) is 5.32 Å². The van der Waals surface area contributed by atoms with Crippen molar-refractivity contribution in [3.05, 3.63) is 0 Å². The number of aliphatic hydroxyl groups is 1. The first kappa shape index (κ1) is 11.2. The van der Waals surface area contributed by atoms with Gasteiger partial charge in [-0.05, 0) is 13.3 Å². The van der Waals surface area contributed by atoms with Gasteiger partial charge in [0.25, 0.3) is 0 Å². The van der Waals surface area contributed by atoms with Crippen molar-refractivity contribution >= 4 is 6.09 Å². The minimum absolute atomic E-state index is 0.241. The van der Waals surface area contributed by atoms with Gasteiger partial charge in [0.05, 0.1) is 12.7 Å². The summed E-state index contributed by atoms with van der Waals surface area (Å²) in [6.07, 6.45) is 0.902. The monoisotopic (exact) mass is 175 g/mol. The van der Waals surface area contributed by atoms with Crippen molar-refractivity contribution in [3.63, 3.8) is 0 Å². The molecule has 0 aliphatic carbocycles. The molecule has 0 rings (SSSR count). The van der Waals surface area contributed by atoms with Crippen LogP contribution in [0.4, 0.5) is 4.79 Å². The minimum Gasteiger partial charge on any atom is -0.450 e. The molecule has 1 atom stereocenters. The molecule has 72 valence electrons. The van der Waals surface area contributed by atoms with E-state index >= 15 is 0 Å². The van der Waals surface area contributed by atoms with E-state index in [0.717, 1.165) is 12.8 Å². The van der Waals surface area contributed by atoms with Gasteiger partial charge in [-0.25, -0.2) is 4.79 Å². The molecule has 4 heteroatoms. The molecule has 2 N–H and O–H groups in total. The van der Waals surface area contributed by atoms with Crippen LogP contribution in [0.3, 0.4) is 0 Å². The highest BCUT2D eigenvalue weighted by Crippen LogP contribution is 1.88. The molecule has 0 radical (unpaired) electrons. The number of rotatable bonds is 5. The standard InChI is InChI=1S/C8H17NO3/c1-3-4-5-12-8(11)9-6-7(2)10/h7,10H,3-6H2,1-2H3,(H,9,11). The molecular formula is C8H17NO3. The molecule has 1 amide bonds. The zero-order chi connectivity index (χ0) is 9.40. The van der Waals surface area contributed by atoms with Crippen molar-refractivity contribution in [2.75, 3.05) is 13.2 Å². The summed E-state index contributed by atoms with van der Waals surface area (Å²) >= 11 is 0. The van der Waals surface area contributed by atoms with Gasteiger partial charge in [-0.15, -0.1) is 0 Å². The Morgan fingerprint density at radius 2 is 2.33 bits per heavy atom. The maximum atomic E-state index is 10.8. The second-order valence-electron chi connectivity index (χ2n) is 2.72. The van der Waals surface area contributed by atoms with Crippen LogP contribution < -0.4 is 5.32 Å². The highest BCUT2D eigenvalue weighted by molar-refractivity contribution is 5.67. The van der Waals surface area contributed by atoms with Crippen molar-refractivity contribution in [1.82, 2.24) is 5.32 Å². The Morgan fingerprint density at radius 3 is 2.83 bits per heavy atom. The van der Waals surface area contributed by atoms with Gasteiger partial charge in [-0.1, -0.05) is 13.3 Å². The molecule has 1 unspecified atom stereocenters. The summed E-state index contributed by atoms with van der Waals surface area (Å²) in [6, 6.07) is 0. The number of hydrogen-bond acceptors (Lipinski definition) is 3. The number of alkyl carbamates (subject to hydrolysis) is 1. The predicted molar refractivity (Wildman–Crippen MR) is 45.9 cm³/mol. The first-order valence-electron chi connectivity index (χ1n) is 4.25. The first-order chi connectivity index (χ1) is 5.66. The van der Waals surface area contributed by atoms with Crippen LogP contribution in [0.2, 0.25) is 0 Å². The van der Waals surface area contributed by atoms with E-state index in [-0.39, 0.29) is 6.54 Å². The number of carbonyl (C=O) groups is 1. The topological polar surface area (TPSA) is 58.6 Å². The molecule has 0 aromatic heterocycles. The third-order valence-corrected chi connectivity index (χ3v) is 1.27. The molecule has 0 aliphatic rings. The summed E-state index contributed by atoms with van der Waals surface area (Å²) < 4.78 is 4.77. The first-order valence-corrected chi connectivity index (χ1v) is 4.25. The number of unbranched alkanes of at least 4 members (excludes halogenated alkanes) is 1. The average Bonchev–Trinajstić information content (AvgIpc) is 2.01. The number of amides is 1.